The molecule has 0 unspecified atom stereocenters. The van der Waals surface area contributed by atoms with Crippen molar-refractivity contribution < 1.29 is 8.83 Å². The van der Waals surface area contributed by atoms with E-state index in [0.717, 1.165) is 55.1 Å². The molecule has 0 aliphatic carbocycles. The summed E-state index contributed by atoms with van der Waals surface area (Å²) < 4.78 is 13.9. The average molecular weight is 806 g/mol. The molecule has 0 radical (unpaired) electrons. The van der Waals surface area contributed by atoms with Crippen molar-refractivity contribution in [1.82, 2.24) is 0 Å². The van der Waals surface area contributed by atoms with Gasteiger partial charge in [-0.05, 0) is 120 Å². The molecular formula is C60H39NO2. The summed E-state index contributed by atoms with van der Waals surface area (Å²) in [6, 6.07) is 83.9. The predicted octanol–water partition coefficient (Wildman–Crippen LogP) is 17.4. The Morgan fingerprint density at radius 3 is 1.22 bits per heavy atom. The molecule has 0 saturated heterocycles. The second-order valence-electron chi connectivity index (χ2n) is 16.0. The van der Waals surface area contributed by atoms with E-state index in [2.05, 4.69) is 235 Å². The highest BCUT2D eigenvalue weighted by Crippen LogP contribution is 2.43. The summed E-state index contributed by atoms with van der Waals surface area (Å²) in [4.78, 5) is 2.29. The molecule has 12 aromatic rings. The topological polar surface area (TPSA) is 29.5 Å². The zero-order chi connectivity index (χ0) is 41.7. The van der Waals surface area contributed by atoms with E-state index in [1.807, 2.05) is 6.07 Å². The average Bonchev–Trinajstić information content (AvgIpc) is 3.36. The Morgan fingerprint density at radius 1 is 0.254 bits per heavy atom. The number of nitrogens with zero attached hydrogens (tertiary/aromatic N) is 1. The predicted molar refractivity (Wildman–Crippen MR) is 265 cm³/mol. The van der Waals surface area contributed by atoms with Crippen LogP contribution in [0.3, 0.4) is 0 Å². The molecule has 0 aliphatic heterocycles. The number of rotatable bonds is 6. The highest BCUT2D eigenvalue weighted by atomic mass is 16.4. The smallest absolute Gasteiger partial charge is 0.178 e. The van der Waals surface area contributed by atoms with Gasteiger partial charge in [0, 0.05) is 22.8 Å². The van der Waals surface area contributed by atoms with Gasteiger partial charge in [-0.25, -0.2) is 0 Å². The number of hydrogen-bond acceptors (Lipinski definition) is 3. The van der Waals surface area contributed by atoms with Crippen LogP contribution in [-0.2, 0) is 0 Å². The molecule has 0 N–H and O–H groups in total. The van der Waals surface area contributed by atoms with Gasteiger partial charge < -0.3 is 13.7 Å². The van der Waals surface area contributed by atoms with Gasteiger partial charge in [0.15, 0.2) is 22.3 Å². The van der Waals surface area contributed by atoms with Crippen LogP contribution in [0.15, 0.2) is 245 Å². The fourth-order valence-electron chi connectivity index (χ4n) is 9.38. The van der Waals surface area contributed by atoms with E-state index in [-0.39, 0.29) is 0 Å². The quantitative estimate of drug-likeness (QED) is 0.157. The second-order valence-corrected chi connectivity index (χ2v) is 16.0. The molecule has 0 spiro atoms. The zero-order valence-electron chi connectivity index (χ0n) is 34.3. The number of benzene rings is 10. The van der Waals surface area contributed by atoms with Crippen molar-refractivity contribution in [3.05, 3.63) is 237 Å². The molecule has 3 nitrogen and oxygen atoms in total. The van der Waals surface area contributed by atoms with Crippen LogP contribution >= 0.6 is 0 Å². The Labute approximate surface area is 364 Å². The first-order valence-electron chi connectivity index (χ1n) is 21.4. The van der Waals surface area contributed by atoms with Crippen molar-refractivity contribution in [2.24, 2.45) is 0 Å². The van der Waals surface area contributed by atoms with Gasteiger partial charge in [-0.15, -0.1) is 0 Å². The summed E-state index contributed by atoms with van der Waals surface area (Å²) in [6.45, 7) is 0. The Bertz CT molecular complexity index is 3660. The molecular weight excluding hydrogens is 767 g/mol. The Hall–Kier alpha value is -8.40. The Balaban J connectivity index is 1.06. The minimum atomic E-state index is 0.654. The van der Waals surface area contributed by atoms with Crippen molar-refractivity contribution in [2.75, 3.05) is 4.90 Å². The van der Waals surface area contributed by atoms with Gasteiger partial charge in [-0.1, -0.05) is 182 Å². The monoisotopic (exact) mass is 805 g/mol. The van der Waals surface area contributed by atoms with Crippen LogP contribution in [0.25, 0.3) is 98.8 Å². The summed E-state index contributed by atoms with van der Waals surface area (Å²) >= 11 is 0. The lowest BCUT2D eigenvalue weighted by Gasteiger charge is -2.26. The van der Waals surface area contributed by atoms with Crippen LogP contribution in [0.2, 0.25) is 0 Å². The fraction of sp³-hybridized carbons (Fsp3) is 0. The van der Waals surface area contributed by atoms with Crippen molar-refractivity contribution in [3.63, 3.8) is 0 Å². The minimum absolute atomic E-state index is 0.654. The molecule has 12 rings (SSSR count). The fourth-order valence-corrected chi connectivity index (χ4v) is 9.38. The van der Waals surface area contributed by atoms with Gasteiger partial charge in [-0.2, -0.15) is 0 Å². The molecule has 1 aromatic heterocycles. The molecule has 0 atom stereocenters. The molecule has 0 amide bonds. The van der Waals surface area contributed by atoms with Gasteiger partial charge in [0.1, 0.15) is 0 Å². The summed E-state index contributed by atoms with van der Waals surface area (Å²) in [5, 5.41) is 9.11. The third-order valence-electron chi connectivity index (χ3n) is 12.3. The normalized spacial score (nSPS) is 11.5. The molecule has 1 heterocycles. The van der Waals surface area contributed by atoms with Crippen LogP contribution in [0, 0.1) is 0 Å². The van der Waals surface area contributed by atoms with Crippen molar-refractivity contribution >= 4 is 82.5 Å². The first-order valence-corrected chi connectivity index (χ1v) is 21.4. The van der Waals surface area contributed by atoms with Gasteiger partial charge >= 0.3 is 0 Å². The van der Waals surface area contributed by atoms with Crippen molar-refractivity contribution in [2.45, 2.75) is 0 Å². The van der Waals surface area contributed by atoms with Crippen LogP contribution in [0.5, 0.6) is 0 Å². The third kappa shape index (κ3) is 6.38. The molecule has 3 heteroatoms. The molecule has 63 heavy (non-hydrogen) atoms. The molecule has 0 saturated carbocycles. The van der Waals surface area contributed by atoms with Gasteiger partial charge in [0.25, 0.3) is 0 Å². The minimum Gasteiger partial charge on any atom is -0.449 e. The highest BCUT2D eigenvalue weighted by Gasteiger charge is 2.18. The summed E-state index contributed by atoms with van der Waals surface area (Å²) in [6.07, 6.45) is 0. The third-order valence-corrected chi connectivity index (χ3v) is 12.3. The molecule has 0 fully saturated rings. The number of hydrogen-bond donors (Lipinski definition) is 0. The van der Waals surface area contributed by atoms with E-state index < -0.39 is 0 Å². The molecule has 296 valence electrons. The van der Waals surface area contributed by atoms with E-state index in [9.17, 15) is 0 Å². The largest absolute Gasteiger partial charge is 0.449 e. The lowest BCUT2D eigenvalue weighted by molar-refractivity contribution is 0.584. The first kappa shape index (κ1) is 36.5. The molecule has 11 aromatic carbocycles. The maximum absolute atomic E-state index is 7.15. The lowest BCUT2D eigenvalue weighted by Crippen LogP contribution is -2.09. The van der Waals surface area contributed by atoms with E-state index in [1.54, 1.807) is 0 Å². The van der Waals surface area contributed by atoms with E-state index in [4.69, 9.17) is 8.83 Å². The van der Waals surface area contributed by atoms with Gasteiger partial charge in [0.05, 0.1) is 5.69 Å². The summed E-state index contributed by atoms with van der Waals surface area (Å²) in [5.74, 6) is 0. The first-order chi connectivity index (χ1) is 31.2. The van der Waals surface area contributed by atoms with Gasteiger partial charge in [-0.3, -0.25) is 0 Å². The maximum Gasteiger partial charge on any atom is 0.178 e. The maximum atomic E-state index is 7.15. The SMILES string of the molecule is c1ccc(-c2ccc(N(c3ccc(-c4ccccc4-c4ccccc4)cc3)c3ccc4oc5ccc6c7ccccc7c7ccccc7c7ccccc7c6c5oc4c3)cc2)cc1. The summed E-state index contributed by atoms with van der Waals surface area (Å²) in [5.41, 5.74) is 12.8. The second kappa shape index (κ2) is 15.3. The highest BCUT2D eigenvalue weighted by molar-refractivity contribution is 6.29. The number of fused-ring (bicyclic) bond motifs is 11. The molecule has 0 bridgehead atoms. The van der Waals surface area contributed by atoms with Crippen LogP contribution in [-0.4, -0.2) is 0 Å². The Morgan fingerprint density at radius 2 is 0.651 bits per heavy atom. The summed E-state index contributed by atoms with van der Waals surface area (Å²) in [7, 11) is 0. The van der Waals surface area contributed by atoms with Crippen LogP contribution < -0.4 is 4.90 Å². The van der Waals surface area contributed by atoms with Crippen LogP contribution in [0.4, 0.5) is 17.1 Å². The van der Waals surface area contributed by atoms with E-state index in [0.29, 0.717) is 22.3 Å². The van der Waals surface area contributed by atoms with Gasteiger partial charge in [0.2, 0.25) is 0 Å². The number of anilines is 3. The van der Waals surface area contributed by atoms with E-state index in [1.165, 1.54) is 38.4 Å². The molecule has 0 aliphatic rings. The zero-order valence-corrected chi connectivity index (χ0v) is 34.3. The lowest BCUT2D eigenvalue weighted by atomic mass is 9.94. The van der Waals surface area contributed by atoms with Crippen LogP contribution in [0.1, 0.15) is 0 Å². The van der Waals surface area contributed by atoms with E-state index >= 15 is 0 Å². The van der Waals surface area contributed by atoms with Crippen molar-refractivity contribution in [3.8, 4) is 33.4 Å². The standard InChI is InChI=1S/C60H39NO2/c1-3-15-40(16-4-1)41-27-31-44(32-28-41)61(45-33-29-43(30-34-45)48-20-8-7-19-47(48)42-17-5-2-6-18-42)46-35-37-56-58(39-46)63-60-57(62-56)38-36-55-53-25-12-11-23-51(53)49-21-9-10-22-50(49)52-24-13-14-26-54(52)59(55)60/h1-39H. The Kier molecular flexibility index (Phi) is 8.83. The van der Waals surface area contributed by atoms with Crippen molar-refractivity contribution in [1.29, 1.82) is 0 Å².